The highest BCUT2D eigenvalue weighted by Crippen LogP contribution is 2.22. The molecule has 0 spiro atoms. The van der Waals surface area contributed by atoms with Crippen LogP contribution in [0.4, 0.5) is 14.5 Å². The molecule has 0 fully saturated rings. The maximum absolute atomic E-state index is 13.7. The molecule has 1 rings (SSSR count). The summed E-state index contributed by atoms with van der Waals surface area (Å²) in [4.78, 5) is 21.1. The Morgan fingerprint density at radius 3 is 2.60 bits per heavy atom. The Balaban J connectivity index is 2.99. The molecule has 0 heterocycles. The predicted octanol–water partition coefficient (Wildman–Crippen LogP) is 1.37. The van der Waals surface area contributed by atoms with Gasteiger partial charge < -0.3 is 5.32 Å². The maximum Gasteiger partial charge on any atom is 0.308 e. The minimum Gasteiger partial charge on any atom is -0.351 e. The molecule has 0 aliphatic heterocycles. The third-order valence-corrected chi connectivity index (χ3v) is 3.88. The van der Waals surface area contributed by atoms with Gasteiger partial charge >= 0.3 is 5.69 Å². The molecule has 0 aliphatic rings. The van der Waals surface area contributed by atoms with E-state index < -0.39 is 44.5 Å². The van der Waals surface area contributed by atoms with Crippen LogP contribution in [0.5, 0.6) is 0 Å². The Morgan fingerprint density at radius 1 is 1.50 bits per heavy atom. The number of amides is 1. The van der Waals surface area contributed by atoms with Crippen molar-refractivity contribution in [3.8, 4) is 0 Å². The van der Waals surface area contributed by atoms with Crippen molar-refractivity contribution >= 4 is 22.4 Å². The molecule has 0 bridgehead atoms. The van der Waals surface area contributed by atoms with Gasteiger partial charge in [-0.2, -0.15) is 4.39 Å². The van der Waals surface area contributed by atoms with Crippen molar-refractivity contribution in [2.24, 2.45) is 0 Å². The van der Waals surface area contributed by atoms with Gasteiger partial charge in [0.15, 0.2) is 0 Å². The van der Waals surface area contributed by atoms with Crippen LogP contribution in [0.2, 0.25) is 0 Å². The standard InChI is InChI=1S/C11H12F2N2O4S/c1-6(20(2)19)5-14-11(16)8-3-7(12)4-9(10(8)13)15(17)18/h3-4,6H,5H2,1-2H3,(H,14,16). The Hall–Kier alpha value is -1.90. The molecule has 20 heavy (non-hydrogen) atoms. The lowest BCUT2D eigenvalue weighted by Crippen LogP contribution is -2.33. The van der Waals surface area contributed by atoms with Crippen LogP contribution in [-0.2, 0) is 10.8 Å². The van der Waals surface area contributed by atoms with Crippen molar-refractivity contribution in [2.75, 3.05) is 12.8 Å². The molecule has 0 saturated heterocycles. The van der Waals surface area contributed by atoms with Gasteiger partial charge in [-0.15, -0.1) is 0 Å². The average Bonchev–Trinajstić information content (AvgIpc) is 2.37. The summed E-state index contributed by atoms with van der Waals surface area (Å²) in [6, 6.07) is 0.973. The molecule has 0 aromatic heterocycles. The van der Waals surface area contributed by atoms with E-state index in [1.54, 1.807) is 6.92 Å². The number of nitro benzene ring substituents is 1. The highest BCUT2D eigenvalue weighted by atomic mass is 32.2. The lowest BCUT2D eigenvalue weighted by atomic mass is 10.1. The van der Waals surface area contributed by atoms with E-state index in [0.29, 0.717) is 12.1 Å². The second-order valence-electron chi connectivity index (χ2n) is 4.06. The van der Waals surface area contributed by atoms with Gasteiger partial charge in [-0.3, -0.25) is 19.1 Å². The van der Waals surface area contributed by atoms with Gasteiger partial charge in [0.1, 0.15) is 5.82 Å². The summed E-state index contributed by atoms with van der Waals surface area (Å²) in [7, 11) is -1.20. The van der Waals surface area contributed by atoms with E-state index in [0.717, 1.165) is 0 Å². The molecule has 6 nitrogen and oxygen atoms in total. The fourth-order valence-electron chi connectivity index (χ4n) is 1.32. The molecular formula is C11H12F2N2O4S. The number of nitrogens with one attached hydrogen (secondary N) is 1. The smallest absolute Gasteiger partial charge is 0.308 e. The van der Waals surface area contributed by atoms with Crippen LogP contribution in [0.3, 0.4) is 0 Å². The molecule has 1 aromatic rings. The first-order chi connectivity index (χ1) is 9.23. The number of carbonyl (C=O) groups excluding carboxylic acids is 1. The second-order valence-corrected chi connectivity index (χ2v) is 5.86. The molecule has 0 saturated carbocycles. The fourth-order valence-corrected chi connectivity index (χ4v) is 1.64. The van der Waals surface area contributed by atoms with Crippen molar-refractivity contribution in [3.63, 3.8) is 0 Å². The first-order valence-electron chi connectivity index (χ1n) is 5.48. The van der Waals surface area contributed by atoms with Crippen molar-refractivity contribution < 1.29 is 22.7 Å². The summed E-state index contributed by atoms with van der Waals surface area (Å²) in [6.45, 7) is 1.58. The van der Waals surface area contributed by atoms with Gasteiger partial charge in [0.05, 0.1) is 16.6 Å². The minimum atomic E-state index is -1.40. The van der Waals surface area contributed by atoms with Gasteiger partial charge in [-0.05, 0) is 13.0 Å². The lowest BCUT2D eigenvalue weighted by molar-refractivity contribution is -0.387. The monoisotopic (exact) mass is 306 g/mol. The summed E-state index contributed by atoms with van der Waals surface area (Å²) in [5, 5.41) is 12.4. The molecule has 0 radical (unpaired) electrons. The van der Waals surface area contributed by atoms with Crippen LogP contribution in [0.1, 0.15) is 17.3 Å². The quantitative estimate of drug-likeness (QED) is 0.657. The minimum absolute atomic E-state index is 0.0221. The molecule has 2 atom stereocenters. The fraction of sp³-hybridized carbons (Fsp3) is 0.364. The number of benzene rings is 1. The van der Waals surface area contributed by atoms with Crippen LogP contribution in [0.15, 0.2) is 12.1 Å². The van der Waals surface area contributed by atoms with Gasteiger partial charge in [-0.25, -0.2) is 4.39 Å². The van der Waals surface area contributed by atoms with Crippen molar-refractivity contribution in [2.45, 2.75) is 12.2 Å². The third-order valence-electron chi connectivity index (χ3n) is 2.58. The topological polar surface area (TPSA) is 89.3 Å². The van der Waals surface area contributed by atoms with Crippen molar-refractivity contribution in [3.05, 3.63) is 39.4 Å². The van der Waals surface area contributed by atoms with E-state index in [9.17, 15) is 27.9 Å². The Bertz CT molecular complexity index is 580. The molecular weight excluding hydrogens is 294 g/mol. The summed E-state index contributed by atoms with van der Waals surface area (Å²) in [5.74, 6) is -3.49. The molecule has 9 heteroatoms. The number of hydrogen-bond donors (Lipinski definition) is 1. The largest absolute Gasteiger partial charge is 0.351 e. The zero-order valence-corrected chi connectivity index (χ0v) is 11.5. The predicted molar refractivity (Wildman–Crippen MR) is 68.9 cm³/mol. The normalized spacial score (nSPS) is 13.6. The number of hydrogen-bond acceptors (Lipinski definition) is 4. The average molecular weight is 306 g/mol. The van der Waals surface area contributed by atoms with Crippen LogP contribution in [0, 0.1) is 21.7 Å². The molecule has 1 N–H and O–H groups in total. The number of nitro groups is 1. The Labute approximate surface area is 115 Å². The number of rotatable bonds is 5. The van der Waals surface area contributed by atoms with Crippen LogP contribution >= 0.6 is 0 Å². The number of halogens is 2. The zero-order chi connectivity index (χ0) is 15.4. The molecule has 0 aliphatic carbocycles. The van der Waals surface area contributed by atoms with Gasteiger partial charge in [-0.1, -0.05) is 0 Å². The second kappa shape index (κ2) is 6.51. The summed E-state index contributed by atoms with van der Waals surface area (Å²) in [5.41, 5.74) is -1.87. The zero-order valence-electron chi connectivity index (χ0n) is 10.7. The summed E-state index contributed by atoms with van der Waals surface area (Å²) < 4.78 is 38.0. The van der Waals surface area contributed by atoms with Gasteiger partial charge in [0, 0.05) is 28.9 Å². The summed E-state index contributed by atoms with van der Waals surface area (Å²) >= 11 is 0. The number of carbonyl (C=O) groups is 1. The van der Waals surface area contributed by atoms with E-state index in [4.69, 9.17) is 0 Å². The first-order valence-corrected chi connectivity index (χ1v) is 7.10. The van der Waals surface area contributed by atoms with Crippen LogP contribution in [0.25, 0.3) is 0 Å². The first kappa shape index (κ1) is 16.2. The highest BCUT2D eigenvalue weighted by Gasteiger charge is 2.24. The number of nitrogens with zero attached hydrogens (tertiary/aromatic N) is 1. The summed E-state index contributed by atoms with van der Waals surface area (Å²) in [6.07, 6.45) is 1.43. The van der Waals surface area contributed by atoms with Gasteiger partial charge in [0.2, 0.25) is 5.82 Å². The van der Waals surface area contributed by atoms with Gasteiger partial charge in [0.25, 0.3) is 5.91 Å². The van der Waals surface area contributed by atoms with E-state index >= 15 is 0 Å². The van der Waals surface area contributed by atoms with E-state index in [-0.39, 0.29) is 11.8 Å². The Morgan fingerprint density at radius 2 is 2.10 bits per heavy atom. The highest BCUT2D eigenvalue weighted by molar-refractivity contribution is 7.84. The molecule has 2 unspecified atom stereocenters. The van der Waals surface area contributed by atoms with Crippen molar-refractivity contribution in [1.82, 2.24) is 5.32 Å². The third kappa shape index (κ3) is 3.80. The van der Waals surface area contributed by atoms with E-state index in [1.807, 2.05) is 0 Å². The van der Waals surface area contributed by atoms with E-state index in [2.05, 4.69) is 5.32 Å². The Kier molecular flexibility index (Phi) is 5.26. The maximum atomic E-state index is 13.7. The SMILES string of the molecule is CC(CNC(=O)c1cc(F)cc([N+](=O)[O-])c1F)S(C)=O. The van der Waals surface area contributed by atoms with Crippen LogP contribution in [-0.4, -0.2) is 33.1 Å². The van der Waals surface area contributed by atoms with Crippen LogP contribution < -0.4 is 5.32 Å². The molecule has 1 aromatic carbocycles. The molecule has 1 amide bonds. The van der Waals surface area contributed by atoms with E-state index in [1.165, 1.54) is 6.26 Å². The lowest BCUT2D eigenvalue weighted by Gasteiger charge is -2.10. The molecule has 110 valence electrons. The van der Waals surface area contributed by atoms with Crippen molar-refractivity contribution in [1.29, 1.82) is 0 Å².